The van der Waals surface area contributed by atoms with Gasteiger partial charge in [-0.25, -0.2) is 0 Å². The summed E-state index contributed by atoms with van der Waals surface area (Å²) in [6, 6.07) is 0. The average Bonchev–Trinajstić information content (AvgIpc) is 3.01. The summed E-state index contributed by atoms with van der Waals surface area (Å²) in [5.74, 6) is 0.890. The second-order valence-corrected chi connectivity index (χ2v) is 11.9. The van der Waals surface area contributed by atoms with E-state index in [4.69, 9.17) is 0 Å². The van der Waals surface area contributed by atoms with Crippen molar-refractivity contribution in [2.24, 2.45) is 33.0 Å². The Balaban J connectivity index is 3.17. The second-order valence-electron chi connectivity index (χ2n) is 11.9. The second kappa shape index (κ2) is 7.55. The van der Waals surface area contributed by atoms with Crippen LogP contribution in [0.2, 0.25) is 0 Å². The van der Waals surface area contributed by atoms with Crippen molar-refractivity contribution in [3.8, 4) is 0 Å². The van der Waals surface area contributed by atoms with E-state index in [2.05, 4.69) is 76.2 Å². The van der Waals surface area contributed by atoms with Gasteiger partial charge in [0, 0.05) is 0 Å². The van der Waals surface area contributed by atoms with Gasteiger partial charge in [0.05, 0.1) is 0 Å². The highest BCUT2D eigenvalue weighted by Crippen LogP contribution is 2.67. The molecule has 0 aromatic carbocycles. The Kier molecular flexibility index (Phi) is 6.96. The van der Waals surface area contributed by atoms with E-state index < -0.39 is 0 Å². The summed E-state index contributed by atoms with van der Waals surface area (Å²) in [6.07, 6.45) is 11.2. The molecule has 0 radical (unpaired) electrons. The molecule has 0 unspecified atom stereocenters. The van der Waals surface area contributed by atoms with Gasteiger partial charge in [-0.2, -0.15) is 0 Å². The van der Waals surface area contributed by atoms with Crippen LogP contribution in [0.4, 0.5) is 0 Å². The van der Waals surface area contributed by atoms with E-state index in [0.717, 1.165) is 5.92 Å². The Morgan fingerprint density at radius 2 is 1.12 bits per heavy atom. The Labute approximate surface area is 160 Å². The minimum Gasteiger partial charge on any atom is -0.0654 e. The molecule has 0 heterocycles. The van der Waals surface area contributed by atoms with Crippen LogP contribution in [0, 0.1) is 33.0 Å². The average molecular weight is 351 g/mol. The fourth-order valence-corrected chi connectivity index (χ4v) is 5.72. The molecular weight excluding hydrogens is 300 g/mol. The van der Waals surface area contributed by atoms with Crippen LogP contribution in [-0.2, 0) is 0 Å². The van der Waals surface area contributed by atoms with Crippen LogP contribution in [0.3, 0.4) is 0 Å². The summed E-state index contributed by atoms with van der Waals surface area (Å²) >= 11 is 0. The van der Waals surface area contributed by atoms with Crippen LogP contribution in [0.1, 0.15) is 128 Å². The zero-order valence-electron chi connectivity index (χ0n) is 19.7. The minimum absolute atomic E-state index is 0.266. The van der Waals surface area contributed by atoms with Gasteiger partial charge in [0.25, 0.3) is 0 Å². The molecule has 0 amide bonds. The lowest BCUT2D eigenvalue weighted by molar-refractivity contribution is -0.158. The van der Waals surface area contributed by atoms with Crippen molar-refractivity contribution < 1.29 is 0 Å². The zero-order valence-corrected chi connectivity index (χ0v) is 19.7. The lowest BCUT2D eigenvalue weighted by atomic mass is 9.40. The SMILES string of the molecule is CCCCCC(C)(C)C(C)(C)C(C)(C)C(C)(C)C(C)(C)C1CCCC1. The molecule has 1 saturated carbocycles. The molecule has 0 saturated heterocycles. The smallest absolute Gasteiger partial charge is 0.0241 e. The first-order chi connectivity index (χ1) is 11.2. The van der Waals surface area contributed by atoms with Gasteiger partial charge in [-0.05, 0) is 52.3 Å². The van der Waals surface area contributed by atoms with E-state index in [1.807, 2.05) is 0 Å². The van der Waals surface area contributed by atoms with Crippen molar-refractivity contribution in [2.45, 2.75) is 128 Å². The molecule has 1 fully saturated rings. The maximum Gasteiger partial charge on any atom is -0.0241 e. The normalized spacial score (nSPS) is 18.8. The number of hydrogen-bond acceptors (Lipinski definition) is 0. The Morgan fingerprint density at radius 1 is 0.640 bits per heavy atom. The van der Waals surface area contributed by atoms with Crippen LogP contribution in [0.15, 0.2) is 0 Å². The van der Waals surface area contributed by atoms with E-state index in [0.29, 0.717) is 16.2 Å². The molecule has 1 rings (SSSR count). The Bertz CT molecular complexity index is 413. The standard InChI is InChI=1S/C25H50/c1-12-13-16-19-21(2,3)23(6,7)25(10,11)24(8,9)22(4,5)20-17-14-15-18-20/h20H,12-19H2,1-11H3. The Hall–Kier alpha value is 0. The van der Waals surface area contributed by atoms with Crippen LogP contribution in [-0.4, -0.2) is 0 Å². The first-order valence-electron chi connectivity index (χ1n) is 11.2. The zero-order chi connectivity index (χ0) is 19.7. The predicted octanol–water partition coefficient (Wildman–Crippen LogP) is 8.89. The van der Waals surface area contributed by atoms with Gasteiger partial charge in [0.2, 0.25) is 0 Å². The molecule has 0 atom stereocenters. The van der Waals surface area contributed by atoms with E-state index in [1.165, 1.54) is 51.4 Å². The van der Waals surface area contributed by atoms with E-state index in [9.17, 15) is 0 Å². The van der Waals surface area contributed by atoms with Gasteiger partial charge < -0.3 is 0 Å². The van der Waals surface area contributed by atoms with Crippen LogP contribution in [0.25, 0.3) is 0 Å². The summed E-state index contributed by atoms with van der Waals surface area (Å²) in [5, 5.41) is 0. The fraction of sp³-hybridized carbons (Fsp3) is 1.00. The number of rotatable bonds is 9. The van der Waals surface area contributed by atoms with Gasteiger partial charge in [0.1, 0.15) is 0 Å². The van der Waals surface area contributed by atoms with Crippen molar-refractivity contribution in [2.75, 3.05) is 0 Å². The van der Waals surface area contributed by atoms with Crippen molar-refractivity contribution in [1.29, 1.82) is 0 Å². The largest absolute Gasteiger partial charge is 0.0654 e. The summed E-state index contributed by atoms with van der Waals surface area (Å²) in [6.45, 7) is 28.0. The molecule has 150 valence electrons. The van der Waals surface area contributed by atoms with Gasteiger partial charge >= 0.3 is 0 Å². The lowest BCUT2D eigenvalue weighted by Crippen LogP contribution is -2.57. The van der Waals surface area contributed by atoms with Crippen molar-refractivity contribution in [3.05, 3.63) is 0 Å². The molecule has 1 aliphatic carbocycles. The minimum atomic E-state index is 0.266. The van der Waals surface area contributed by atoms with Crippen LogP contribution in [0.5, 0.6) is 0 Å². The van der Waals surface area contributed by atoms with E-state index in [-0.39, 0.29) is 10.8 Å². The molecule has 0 N–H and O–H groups in total. The van der Waals surface area contributed by atoms with Gasteiger partial charge in [0.15, 0.2) is 0 Å². The van der Waals surface area contributed by atoms with Crippen LogP contribution >= 0.6 is 0 Å². The third kappa shape index (κ3) is 3.84. The molecule has 0 heteroatoms. The van der Waals surface area contributed by atoms with Crippen molar-refractivity contribution in [3.63, 3.8) is 0 Å². The van der Waals surface area contributed by atoms with E-state index in [1.54, 1.807) is 0 Å². The highest BCUT2D eigenvalue weighted by atomic mass is 14.6. The predicted molar refractivity (Wildman–Crippen MR) is 115 cm³/mol. The van der Waals surface area contributed by atoms with Gasteiger partial charge in [-0.1, -0.05) is 108 Å². The highest BCUT2D eigenvalue weighted by molar-refractivity contribution is 5.08. The maximum atomic E-state index is 2.58. The summed E-state index contributed by atoms with van der Waals surface area (Å²) < 4.78 is 0. The highest BCUT2D eigenvalue weighted by Gasteiger charge is 2.59. The molecule has 25 heavy (non-hydrogen) atoms. The quantitative estimate of drug-likeness (QED) is 0.364. The molecular formula is C25H50. The molecule has 0 aromatic heterocycles. The molecule has 0 bridgehead atoms. The van der Waals surface area contributed by atoms with Gasteiger partial charge in [-0.15, -0.1) is 0 Å². The summed E-state index contributed by atoms with van der Waals surface area (Å²) in [7, 11) is 0. The van der Waals surface area contributed by atoms with Crippen molar-refractivity contribution in [1.82, 2.24) is 0 Å². The molecule has 1 aliphatic rings. The van der Waals surface area contributed by atoms with E-state index >= 15 is 0 Å². The molecule has 0 spiro atoms. The fourth-order valence-electron chi connectivity index (χ4n) is 5.72. The summed E-state index contributed by atoms with van der Waals surface area (Å²) in [5.41, 5.74) is 1.58. The van der Waals surface area contributed by atoms with Crippen LogP contribution < -0.4 is 0 Å². The maximum absolute atomic E-state index is 2.58. The Morgan fingerprint density at radius 3 is 1.56 bits per heavy atom. The molecule has 0 aromatic rings. The third-order valence-corrected chi connectivity index (χ3v) is 10.2. The molecule has 0 aliphatic heterocycles. The molecule has 0 nitrogen and oxygen atoms in total. The number of unbranched alkanes of at least 4 members (excludes halogenated alkanes) is 2. The first kappa shape index (κ1) is 23.0. The van der Waals surface area contributed by atoms with Gasteiger partial charge in [-0.3, -0.25) is 0 Å². The lowest BCUT2D eigenvalue weighted by Gasteiger charge is -2.64. The third-order valence-electron chi connectivity index (χ3n) is 10.2. The van der Waals surface area contributed by atoms with Crippen molar-refractivity contribution >= 4 is 0 Å². The topological polar surface area (TPSA) is 0 Å². The number of hydrogen-bond donors (Lipinski definition) is 0. The summed E-state index contributed by atoms with van der Waals surface area (Å²) in [4.78, 5) is 0. The first-order valence-corrected chi connectivity index (χ1v) is 11.2. The monoisotopic (exact) mass is 350 g/mol.